The van der Waals surface area contributed by atoms with Gasteiger partial charge >= 0.3 is 0 Å². The number of Topliss-reactive ketones (excluding diaryl/α,β-unsaturated/α-hetero) is 1. The molecule has 31 heavy (non-hydrogen) atoms. The molecule has 8 heteroatoms. The molecule has 2 fully saturated rings. The second-order valence-corrected chi connectivity index (χ2v) is 10.7. The average molecular weight is 457 g/mol. The van der Waals surface area contributed by atoms with E-state index < -0.39 is 10.4 Å². The van der Waals surface area contributed by atoms with Crippen LogP contribution in [0.2, 0.25) is 0 Å². The van der Waals surface area contributed by atoms with Gasteiger partial charge in [0.05, 0.1) is 42.3 Å². The Morgan fingerprint density at radius 1 is 0.935 bits per heavy atom. The summed E-state index contributed by atoms with van der Waals surface area (Å²) in [5, 5.41) is 0. The highest BCUT2D eigenvalue weighted by atomic mass is 32.3. The van der Waals surface area contributed by atoms with E-state index in [1.165, 1.54) is 9.80 Å². The highest BCUT2D eigenvalue weighted by Crippen LogP contribution is 2.65. The average Bonchev–Trinajstić information content (AvgIpc) is 2.87. The molecular formula is C23H40N2O5S. The van der Waals surface area contributed by atoms with E-state index in [1.54, 1.807) is 0 Å². The van der Waals surface area contributed by atoms with Crippen molar-refractivity contribution in [2.24, 2.45) is 16.7 Å². The lowest BCUT2D eigenvalue weighted by molar-refractivity contribution is -0.836. The van der Waals surface area contributed by atoms with Gasteiger partial charge in [-0.25, -0.2) is 0 Å². The maximum absolute atomic E-state index is 12.6. The van der Waals surface area contributed by atoms with Crippen molar-refractivity contribution >= 4 is 22.3 Å². The quantitative estimate of drug-likeness (QED) is 0.359. The first-order valence-electron chi connectivity index (χ1n) is 10.4. The molecule has 2 atom stereocenters. The minimum absolute atomic E-state index is 0.116. The van der Waals surface area contributed by atoms with Gasteiger partial charge in [0.1, 0.15) is 0 Å². The molecule has 0 amide bonds. The third kappa shape index (κ3) is 9.62. The molecule has 7 nitrogen and oxygen atoms in total. The van der Waals surface area contributed by atoms with Crippen molar-refractivity contribution in [1.29, 1.82) is 0 Å². The Morgan fingerprint density at radius 3 is 1.65 bits per heavy atom. The molecule has 0 spiro atoms. The fraction of sp³-hybridized carbons (Fsp3) is 0.609. The zero-order valence-electron chi connectivity index (χ0n) is 20.4. The Labute approximate surface area is 188 Å². The van der Waals surface area contributed by atoms with Crippen LogP contribution in [-0.4, -0.2) is 65.6 Å². The van der Waals surface area contributed by atoms with Gasteiger partial charge in [0.15, 0.2) is 5.78 Å². The molecule has 2 bridgehead atoms. The Bertz CT molecular complexity index is 813. The van der Waals surface area contributed by atoms with Crippen molar-refractivity contribution in [2.45, 2.75) is 33.6 Å². The van der Waals surface area contributed by atoms with Gasteiger partial charge < -0.3 is 18.9 Å². The molecule has 2 aliphatic carbocycles. The fourth-order valence-corrected chi connectivity index (χ4v) is 3.82. The number of hydrogen-bond donors (Lipinski definition) is 2. The lowest BCUT2D eigenvalue weighted by Crippen LogP contribution is -3.02. The van der Waals surface area contributed by atoms with Crippen LogP contribution in [0, 0.1) is 16.7 Å². The zero-order valence-corrected chi connectivity index (χ0v) is 21.2. The Morgan fingerprint density at radius 2 is 1.32 bits per heavy atom. The summed E-state index contributed by atoms with van der Waals surface area (Å²) in [7, 11) is 7.33. The number of carbonyl (C=O) groups excluding carboxylic acids is 1. The van der Waals surface area contributed by atoms with E-state index in [0.29, 0.717) is 11.7 Å². The predicted molar refractivity (Wildman–Crippen MR) is 122 cm³/mol. The Hall–Kier alpha value is -1.58. The topological polar surface area (TPSA) is 106 Å². The molecule has 2 N–H and O–H groups in total. The second-order valence-electron chi connectivity index (χ2n) is 9.89. The molecule has 1 aromatic rings. The summed E-state index contributed by atoms with van der Waals surface area (Å²) in [6.07, 6.45) is 4.32. The van der Waals surface area contributed by atoms with Crippen molar-refractivity contribution in [1.82, 2.24) is 0 Å². The van der Waals surface area contributed by atoms with E-state index in [1.807, 2.05) is 18.2 Å². The summed E-state index contributed by atoms with van der Waals surface area (Å²) in [6.45, 7) is 6.67. The van der Waals surface area contributed by atoms with E-state index in [0.717, 1.165) is 24.0 Å². The minimum atomic E-state index is -5.17. The van der Waals surface area contributed by atoms with Crippen LogP contribution in [0.4, 0.5) is 0 Å². The van der Waals surface area contributed by atoms with Gasteiger partial charge in [0, 0.05) is 15.8 Å². The molecule has 0 aromatic heterocycles. The normalized spacial score (nSPS) is 24.7. The SMILES string of the molecule is CC12CCC(C(=Cc3ccccc3)C1=O)C2(C)C.C[NH+](C)C.C[NH+](C)C.O=S(=O)([O-])[O-]. The molecular weight excluding hydrogens is 416 g/mol. The molecule has 2 unspecified atom stereocenters. The van der Waals surface area contributed by atoms with E-state index in [4.69, 9.17) is 17.5 Å². The van der Waals surface area contributed by atoms with Gasteiger partial charge in [0.2, 0.25) is 0 Å². The molecule has 2 saturated carbocycles. The number of benzene rings is 1. The first-order valence-corrected chi connectivity index (χ1v) is 11.8. The maximum Gasteiger partial charge on any atom is 0.165 e. The molecule has 178 valence electrons. The smallest absolute Gasteiger partial charge is 0.165 e. The van der Waals surface area contributed by atoms with Crippen molar-refractivity contribution in [3.8, 4) is 0 Å². The van der Waals surface area contributed by atoms with Crippen LogP contribution in [0.5, 0.6) is 0 Å². The van der Waals surface area contributed by atoms with Gasteiger partial charge in [-0.1, -0.05) is 51.1 Å². The Balaban J connectivity index is 0.000000574. The summed E-state index contributed by atoms with van der Waals surface area (Å²) in [4.78, 5) is 15.5. The predicted octanol–water partition coefficient (Wildman–Crippen LogP) is 0.279. The van der Waals surface area contributed by atoms with Crippen LogP contribution in [-0.2, 0) is 15.2 Å². The third-order valence-electron chi connectivity index (χ3n) is 5.49. The van der Waals surface area contributed by atoms with Crippen LogP contribution in [0.15, 0.2) is 35.9 Å². The van der Waals surface area contributed by atoms with E-state index in [2.05, 4.69) is 81.3 Å². The monoisotopic (exact) mass is 456 g/mol. The number of nitrogens with one attached hydrogen (secondary N) is 2. The molecule has 1 aromatic carbocycles. The summed E-state index contributed by atoms with van der Waals surface area (Å²) in [5.41, 5.74) is 2.18. The van der Waals surface area contributed by atoms with Gasteiger partial charge in [-0.3, -0.25) is 13.2 Å². The third-order valence-corrected chi connectivity index (χ3v) is 5.49. The lowest BCUT2D eigenvalue weighted by Gasteiger charge is -2.31. The standard InChI is InChI=1S/C17H20O.2C3H9N.H2O4S/c1-16(2)14-9-10-17(16,3)15(18)13(14)11-12-7-5-4-6-8-12;2*1-4(2)3;1-5(2,3)4/h4-8,11,14H,9-10H2,1-3H3;2*1-3H3;(H2,1,2,3,4). The van der Waals surface area contributed by atoms with Gasteiger partial charge in [-0.2, -0.15) is 0 Å². The maximum atomic E-state index is 12.6. The van der Waals surface area contributed by atoms with Crippen molar-refractivity contribution < 1.29 is 32.1 Å². The van der Waals surface area contributed by atoms with Crippen LogP contribution in [0.25, 0.3) is 6.08 Å². The van der Waals surface area contributed by atoms with Gasteiger partial charge in [-0.05, 0) is 41.4 Å². The second kappa shape index (κ2) is 11.9. The minimum Gasteiger partial charge on any atom is -0.759 e. The van der Waals surface area contributed by atoms with Crippen LogP contribution in [0.3, 0.4) is 0 Å². The Kier molecular flexibility index (Phi) is 11.3. The molecule has 0 heterocycles. The van der Waals surface area contributed by atoms with Crippen LogP contribution < -0.4 is 9.80 Å². The van der Waals surface area contributed by atoms with E-state index in [9.17, 15) is 4.79 Å². The van der Waals surface area contributed by atoms with Crippen molar-refractivity contribution in [3.05, 3.63) is 41.5 Å². The fourth-order valence-electron chi connectivity index (χ4n) is 3.82. The number of quaternary nitrogens is 2. The van der Waals surface area contributed by atoms with E-state index in [-0.39, 0.29) is 10.8 Å². The number of ketones is 1. The molecule has 2 aliphatic rings. The number of carbonyl (C=O) groups is 1. The number of fused-ring (bicyclic) bond motifs is 2. The zero-order chi connectivity index (χ0) is 24.6. The largest absolute Gasteiger partial charge is 0.759 e. The first kappa shape index (κ1) is 29.4. The molecule has 0 saturated heterocycles. The number of allylic oxidation sites excluding steroid dienone is 1. The van der Waals surface area contributed by atoms with Crippen molar-refractivity contribution in [2.75, 3.05) is 42.3 Å². The van der Waals surface area contributed by atoms with Gasteiger partial charge in [-0.15, -0.1) is 0 Å². The lowest BCUT2D eigenvalue weighted by atomic mass is 9.70. The first-order chi connectivity index (χ1) is 13.9. The summed E-state index contributed by atoms with van der Waals surface area (Å²) in [6, 6.07) is 10.2. The van der Waals surface area contributed by atoms with E-state index >= 15 is 0 Å². The number of rotatable bonds is 1. The molecule has 0 radical (unpaired) electrons. The van der Waals surface area contributed by atoms with Gasteiger partial charge in [0.25, 0.3) is 0 Å². The highest BCUT2D eigenvalue weighted by molar-refractivity contribution is 7.79. The van der Waals surface area contributed by atoms with Crippen molar-refractivity contribution in [3.63, 3.8) is 0 Å². The highest BCUT2D eigenvalue weighted by Gasteiger charge is 2.63. The van der Waals surface area contributed by atoms with Crippen LogP contribution in [0.1, 0.15) is 39.2 Å². The summed E-state index contributed by atoms with van der Waals surface area (Å²) in [5.74, 6) is 0.822. The summed E-state index contributed by atoms with van der Waals surface area (Å²) < 4.78 is 34.1. The summed E-state index contributed by atoms with van der Waals surface area (Å²) >= 11 is 0. The number of hydrogen-bond acceptors (Lipinski definition) is 5. The molecule has 0 aliphatic heterocycles. The molecule has 3 rings (SSSR count). The van der Waals surface area contributed by atoms with Crippen LogP contribution >= 0.6 is 0 Å².